The first-order chi connectivity index (χ1) is 15.6. The molecule has 6 heteroatoms. The van der Waals surface area contributed by atoms with Gasteiger partial charge in [-0.15, -0.1) is 0 Å². The van der Waals surface area contributed by atoms with E-state index in [1.807, 2.05) is 60.7 Å². The summed E-state index contributed by atoms with van der Waals surface area (Å²) in [4.78, 5) is 17.3. The molecule has 1 aromatic heterocycles. The fraction of sp³-hybridized carbons (Fsp3) is 0. The molecule has 0 aliphatic heterocycles. The minimum absolute atomic E-state index is 0.223. The lowest BCUT2D eigenvalue weighted by Gasteiger charge is -2.12. The number of para-hydroxylation sites is 2. The van der Waals surface area contributed by atoms with Crippen LogP contribution in [0, 0.1) is 0 Å². The Bertz CT molecular complexity index is 1480. The van der Waals surface area contributed by atoms with Crippen LogP contribution in [-0.4, -0.2) is 10.9 Å². The maximum absolute atomic E-state index is 12.9. The second kappa shape index (κ2) is 8.21. The Morgan fingerprint density at radius 3 is 2.62 bits per heavy atom. The van der Waals surface area contributed by atoms with E-state index in [0.717, 1.165) is 21.7 Å². The van der Waals surface area contributed by atoms with Gasteiger partial charge in [-0.1, -0.05) is 35.9 Å². The Balaban J connectivity index is 1.47. The van der Waals surface area contributed by atoms with Crippen molar-refractivity contribution >= 4 is 50.6 Å². The lowest BCUT2D eigenvalue weighted by atomic mass is 10.0. The van der Waals surface area contributed by atoms with Gasteiger partial charge in [0.25, 0.3) is 5.91 Å². The molecule has 0 aliphatic rings. The van der Waals surface area contributed by atoms with Crippen molar-refractivity contribution in [2.45, 2.75) is 0 Å². The number of aromatic nitrogens is 1. The highest BCUT2D eigenvalue weighted by atomic mass is 35.5. The molecule has 0 atom stereocenters. The van der Waals surface area contributed by atoms with E-state index in [-0.39, 0.29) is 5.91 Å². The molecule has 0 fully saturated rings. The van der Waals surface area contributed by atoms with Crippen molar-refractivity contribution in [3.63, 3.8) is 0 Å². The number of nitrogens with one attached hydrogen (secondary N) is 1. The van der Waals surface area contributed by atoms with Crippen molar-refractivity contribution in [3.05, 3.63) is 102 Å². The van der Waals surface area contributed by atoms with Crippen LogP contribution >= 0.6 is 11.6 Å². The Morgan fingerprint density at radius 1 is 0.906 bits per heavy atom. The van der Waals surface area contributed by atoms with Crippen molar-refractivity contribution < 1.29 is 9.53 Å². The average molecular weight is 440 g/mol. The van der Waals surface area contributed by atoms with Crippen LogP contribution in [0.2, 0.25) is 5.02 Å². The molecular weight excluding hydrogens is 422 g/mol. The lowest BCUT2D eigenvalue weighted by Crippen LogP contribution is -2.13. The Hall–Kier alpha value is -4.09. The van der Waals surface area contributed by atoms with Gasteiger partial charge < -0.3 is 15.8 Å². The molecular formula is C26H18ClN3O2. The maximum atomic E-state index is 12.9. The average Bonchev–Trinajstić information content (AvgIpc) is 2.80. The van der Waals surface area contributed by atoms with Crippen molar-refractivity contribution in [1.82, 2.24) is 4.98 Å². The number of pyridine rings is 1. The molecule has 1 heterocycles. The Labute approximate surface area is 189 Å². The number of hydrogen-bond acceptors (Lipinski definition) is 4. The second-order valence-electron chi connectivity index (χ2n) is 7.30. The number of nitrogens with two attached hydrogens (primary N) is 1. The number of nitrogen functional groups attached to an aromatic ring is 1. The van der Waals surface area contributed by atoms with E-state index < -0.39 is 0 Å². The van der Waals surface area contributed by atoms with Crippen LogP contribution in [0.3, 0.4) is 0 Å². The van der Waals surface area contributed by atoms with E-state index in [1.54, 1.807) is 30.5 Å². The monoisotopic (exact) mass is 439 g/mol. The molecule has 0 radical (unpaired) electrons. The van der Waals surface area contributed by atoms with Crippen LogP contribution in [0.5, 0.6) is 11.5 Å². The largest absolute Gasteiger partial charge is 0.457 e. The zero-order valence-corrected chi connectivity index (χ0v) is 17.6. The first-order valence-corrected chi connectivity index (χ1v) is 10.4. The highest BCUT2D eigenvalue weighted by Crippen LogP contribution is 2.32. The molecule has 32 heavy (non-hydrogen) atoms. The fourth-order valence-corrected chi connectivity index (χ4v) is 3.80. The molecule has 0 unspecified atom stereocenters. The van der Waals surface area contributed by atoms with Crippen molar-refractivity contribution in [2.75, 3.05) is 11.1 Å². The van der Waals surface area contributed by atoms with Gasteiger partial charge in [0.2, 0.25) is 0 Å². The number of rotatable bonds is 4. The van der Waals surface area contributed by atoms with Crippen LogP contribution in [-0.2, 0) is 0 Å². The molecule has 156 valence electrons. The summed E-state index contributed by atoms with van der Waals surface area (Å²) in [6, 6.07) is 25.7. The summed E-state index contributed by atoms with van der Waals surface area (Å²) in [6.45, 7) is 0. The zero-order chi connectivity index (χ0) is 22.1. The first kappa shape index (κ1) is 19.8. The van der Waals surface area contributed by atoms with E-state index >= 15 is 0 Å². The van der Waals surface area contributed by atoms with Gasteiger partial charge in [-0.05, 0) is 71.4 Å². The molecule has 5 nitrogen and oxygen atoms in total. The third kappa shape index (κ3) is 3.82. The fourth-order valence-electron chi connectivity index (χ4n) is 3.63. The summed E-state index contributed by atoms with van der Waals surface area (Å²) in [7, 11) is 0. The molecule has 5 aromatic rings. The number of carbonyl (C=O) groups excluding carboxylic acids is 1. The maximum Gasteiger partial charge on any atom is 0.256 e. The van der Waals surface area contributed by atoms with Crippen LogP contribution in [0.4, 0.5) is 11.4 Å². The predicted molar refractivity (Wildman–Crippen MR) is 130 cm³/mol. The summed E-state index contributed by atoms with van der Waals surface area (Å²) in [5.41, 5.74) is 8.37. The van der Waals surface area contributed by atoms with Gasteiger partial charge in [-0.25, -0.2) is 0 Å². The van der Waals surface area contributed by atoms with Gasteiger partial charge >= 0.3 is 0 Å². The number of anilines is 2. The van der Waals surface area contributed by atoms with E-state index in [1.165, 1.54) is 0 Å². The van der Waals surface area contributed by atoms with Crippen LogP contribution in [0.1, 0.15) is 10.4 Å². The topological polar surface area (TPSA) is 77.2 Å². The second-order valence-corrected chi connectivity index (χ2v) is 7.74. The van der Waals surface area contributed by atoms with E-state index in [2.05, 4.69) is 10.3 Å². The molecule has 4 aromatic carbocycles. The van der Waals surface area contributed by atoms with Crippen molar-refractivity contribution in [2.24, 2.45) is 0 Å². The smallest absolute Gasteiger partial charge is 0.256 e. The quantitative estimate of drug-likeness (QED) is 0.306. The first-order valence-electron chi connectivity index (χ1n) is 9.99. The van der Waals surface area contributed by atoms with Gasteiger partial charge in [-0.3, -0.25) is 9.78 Å². The van der Waals surface area contributed by atoms with Gasteiger partial charge in [0.05, 0.1) is 16.9 Å². The molecule has 0 saturated heterocycles. The normalized spacial score (nSPS) is 10.9. The number of halogens is 1. The van der Waals surface area contributed by atoms with Crippen molar-refractivity contribution in [1.29, 1.82) is 0 Å². The summed E-state index contributed by atoms with van der Waals surface area (Å²) in [5.74, 6) is 1.11. The van der Waals surface area contributed by atoms with Crippen LogP contribution in [0.25, 0.3) is 21.7 Å². The standard InChI is InChI=1S/C26H18ClN3O2/c27-17-8-10-21-24(15-17)29-13-12-25(21)32-18-9-11-19-16(14-18)4-3-5-20(19)26(31)30-23-7-2-1-6-22(23)28/h1-15H,28H2,(H,30,31). The van der Waals surface area contributed by atoms with E-state index in [4.69, 9.17) is 22.1 Å². The van der Waals surface area contributed by atoms with Gasteiger partial charge in [0, 0.05) is 22.2 Å². The summed E-state index contributed by atoms with van der Waals surface area (Å²) >= 11 is 6.08. The summed E-state index contributed by atoms with van der Waals surface area (Å²) in [6.07, 6.45) is 1.69. The minimum Gasteiger partial charge on any atom is -0.457 e. The number of fused-ring (bicyclic) bond motifs is 2. The molecule has 3 N–H and O–H groups in total. The zero-order valence-electron chi connectivity index (χ0n) is 16.9. The lowest BCUT2D eigenvalue weighted by molar-refractivity contribution is 0.102. The van der Waals surface area contributed by atoms with Gasteiger partial charge in [0.1, 0.15) is 11.5 Å². The van der Waals surface area contributed by atoms with E-state index in [0.29, 0.717) is 33.5 Å². The number of amides is 1. The summed E-state index contributed by atoms with van der Waals surface area (Å²) in [5, 5.41) is 6.08. The Morgan fingerprint density at radius 2 is 1.75 bits per heavy atom. The number of nitrogens with zero attached hydrogens (tertiary/aromatic N) is 1. The Kier molecular flexibility index (Phi) is 5.09. The predicted octanol–water partition coefficient (Wildman–Crippen LogP) is 6.67. The molecule has 5 rings (SSSR count). The molecule has 1 amide bonds. The molecule has 0 saturated carbocycles. The minimum atomic E-state index is -0.223. The highest BCUT2D eigenvalue weighted by molar-refractivity contribution is 6.31. The molecule has 0 spiro atoms. The third-order valence-electron chi connectivity index (χ3n) is 5.20. The summed E-state index contributed by atoms with van der Waals surface area (Å²) < 4.78 is 6.15. The number of ether oxygens (including phenoxy) is 1. The number of benzene rings is 4. The molecule has 0 aliphatic carbocycles. The SMILES string of the molecule is Nc1ccccc1NC(=O)c1cccc2cc(Oc3ccnc4cc(Cl)ccc34)ccc12. The third-order valence-corrected chi connectivity index (χ3v) is 5.43. The number of carbonyl (C=O) groups is 1. The van der Waals surface area contributed by atoms with Crippen LogP contribution < -0.4 is 15.8 Å². The van der Waals surface area contributed by atoms with Gasteiger partial charge in [-0.2, -0.15) is 0 Å². The van der Waals surface area contributed by atoms with Crippen molar-refractivity contribution in [3.8, 4) is 11.5 Å². The number of hydrogen-bond donors (Lipinski definition) is 2. The highest BCUT2D eigenvalue weighted by Gasteiger charge is 2.13. The van der Waals surface area contributed by atoms with E-state index in [9.17, 15) is 4.79 Å². The van der Waals surface area contributed by atoms with Crippen LogP contribution in [0.15, 0.2) is 91.1 Å². The van der Waals surface area contributed by atoms with Gasteiger partial charge in [0.15, 0.2) is 0 Å². The molecule has 0 bridgehead atoms.